The van der Waals surface area contributed by atoms with Crippen molar-refractivity contribution in [3.63, 3.8) is 0 Å². The Balaban J connectivity index is 1.68. The van der Waals surface area contributed by atoms with Crippen molar-refractivity contribution < 1.29 is 17.9 Å². The van der Waals surface area contributed by atoms with Crippen LogP contribution in [0.2, 0.25) is 0 Å². The molecule has 1 aliphatic carbocycles. The van der Waals surface area contributed by atoms with Crippen molar-refractivity contribution in [1.29, 1.82) is 0 Å². The molecule has 0 atom stereocenters. The third-order valence-corrected chi connectivity index (χ3v) is 5.78. The molecule has 1 saturated carbocycles. The predicted molar refractivity (Wildman–Crippen MR) is 107 cm³/mol. The minimum absolute atomic E-state index is 0.161. The summed E-state index contributed by atoms with van der Waals surface area (Å²) in [7, 11) is 0.617. The third-order valence-electron chi connectivity index (χ3n) is 4.89. The highest BCUT2D eigenvalue weighted by atomic mass is 32.2. The summed E-state index contributed by atoms with van der Waals surface area (Å²) in [6.45, 7) is 0.402. The molecule has 1 fully saturated rings. The number of hydrogen-bond acceptors (Lipinski definition) is 6. The van der Waals surface area contributed by atoms with Crippen molar-refractivity contribution in [2.24, 2.45) is 0 Å². The van der Waals surface area contributed by atoms with Crippen LogP contribution in [-0.2, 0) is 17.4 Å². The molecule has 0 radical (unpaired) electrons. The van der Waals surface area contributed by atoms with E-state index in [9.17, 15) is 8.42 Å². The summed E-state index contributed by atoms with van der Waals surface area (Å²) in [5.41, 5.74) is 3.42. The van der Waals surface area contributed by atoms with Crippen molar-refractivity contribution >= 4 is 21.8 Å². The van der Waals surface area contributed by atoms with Crippen molar-refractivity contribution in [2.45, 2.75) is 25.4 Å². The maximum Gasteiger partial charge on any atom is 0.204 e. The Morgan fingerprint density at radius 1 is 1.04 bits per heavy atom. The first-order valence-corrected chi connectivity index (χ1v) is 10.1. The molecule has 7 nitrogen and oxygen atoms in total. The second kappa shape index (κ2) is 7.73. The molecule has 1 aromatic heterocycles. The summed E-state index contributed by atoms with van der Waals surface area (Å²) in [6.07, 6.45) is 3.41. The smallest absolute Gasteiger partial charge is 0.204 e. The molecule has 0 aliphatic heterocycles. The van der Waals surface area contributed by atoms with E-state index in [1.807, 2.05) is 36.4 Å². The number of aromatic nitrogens is 2. The van der Waals surface area contributed by atoms with Gasteiger partial charge in [0.2, 0.25) is 10.9 Å². The highest BCUT2D eigenvalue weighted by molar-refractivity contribution is 7.69. The number of thiol groups is 1. The molecule has 0 spiro atoms. The minimum Gasteiger partial charge on any atom is -0.493 e. The van der Waals surface area contributed by atoms with Gasteiger partial charge in [-0.05, 0) is 24.5 Å². The van der Waals surface area contributed by atoms with Gasteiger partial charge in [0.05, 0.1) is 25.4 Å². The van der Waals surface area contributed by atoms with Crippen LogP contribution in [0.4, 0.5) is 0 Å². The summed E-state index contributed by atoms with van der Waals surface area (Å²) in [6, 6.07) is 11.7. The zero-order valence-corrected chi connectivity index (χ0v) is 16.6. The quantitative estimate of drug-likeness (QED) is 0.616. The number of nitrogens with zero attached hydrogens (tertiary/aromatic N) is 3. The lowest BCUT2D eigenvalue weighted by atomic mass is 10.0. The van der Waals surface area contributed by atoms with Crippen LogP contribution in [0.25, 0.3) is 22.2 Å². The first-order chi connectivity index (χ1) is 13.6. The number of hydrogen-bond donors (Lipinski definition) is 1. The van der Waals surface area contributed by atoms with Gasteiger partial charge in [0, 0.05) is 29.6 Å². The van der Waals surface area contributed by atoms with Crippen molar-refractivity contribution in [3.8, 4) is 22.8 Å². The van der Waals surface area contributed by atoms with E-state index in [1.165, 1.54) is 6.33 Å². The summed E-state index contributed by atoms with van der Waals surface area (Å²) in [4.78, 5) is 8.78. The third kappa shape index (κ3) is 3.65. The second-order valence-corrected chi connectivity index (χ2v) is 7.70. The number of methoxy groups -OCH3 is 2. The molecule has 28 heavy (non-hydrogen) atoms. The van der Waals surface area contributed by atoms with Crippen molar-refractivity contribution in [1.82, 2.24) is 14.3 Å². The molecule has 1 heterocycles. The van der Waals surface area contributed by atoms with Gasteiger partial charge < -0.3 is 9.47 Å². The van der Waals surface area contributed by atoms with Gasteiger partial charge in [-0.25, -0.2) is 18.4 Å². The topological polar surface area (TPSA) is 81.6 Å². The average molecular weight is 399 g/mol. The fourth-order valence-electron chi connectivity index (χ4n) is 3.26. The normalized spacial score (nSPS) is 14.0. The maximum atomic E-state index is 11.5. The Morgan fingerprint density at radius 2 is 1.71 bits per heavy atom. The summed E-state index contributed by atoms with van der Waals surface area (Å²) in [5, 5.41) is 0.857. The van der Waals surface area contributed by atoms with Crippen LogP contribution in [-0.4, -0.2) is 43.0 Å². The fourth-order valence-corrected chi connectivity index (χ4v) is 4.04. The summed E-state index contributed by atoms with van der Waals surface area (Å²) < 4.78 is 35.2. The lowest BCUT2D eigenvalue weighted by molar-refractivity contribution is 0.356. The Morgan fingerprint density at radius 3 is 2.32 bits per heavy atom. The standard InChI is InChI=1S/C20H21N3O4S/c1-26-18-9-16-17(10-19(18)27-2)21-12-22-20(16)14-5-3-13(4-6-14)11-23(28(24)25)15-7-8-15/h3-6,9-10,12,15,28H,7-8,11H2,1-2H3. The van der Waals surface area contributed by atoms with Gasteiger partial charge in [0.1, 0.15) is 6.33 Å². The van der Waals surface area contributed by atoms with E-state index in [0.29, 0.717) is 18.0 Å². The van der Waals surface area contributed by atoms with E-state index in [1.54, 1.807) is 18.5 Å². The molecule has 2 aromatic carbocycles. The lowest BCUT2D eigenvalue weighted by Crippen LogP contribution is -2.23. The average Bonchev–Trinajstić information content (AvgIpc) is 3.55. The van der Waals surface area contributed by atoms with Gasteiger partial charge in [-0.3, -0.25) is 0 Å². The number of rotatable bonds is 7. The van der Waals surface area contributed by atoms with E-state index in [-0.39, 0.29) is 6.04 Å². The van der Waals surface area contributed by atoms with Crippen LogP contribution in [0.3, 0.4) is 0 Å². The van der Waals surface area contributed by atoms with Crippen LogP contribution in [0, 0.1) is 0 Å². The number of benzene rings is 2. The van der Waals surface area contributed by atoms with Crippen molar-refractivity contribution in [2.75, 3.05) is 14.2 Å². The second-order valence-electron chi connectivity index (χ2n) is 6.71. The Labute approximate surface area is 165 Å². The monoisotopic (exact) mass is 399 g/mol. The van der Waals surface area contributed by atoms with Crippen LogP contribution in [0.1, 0.15) is 18.4 Å². The molecule has 8 heteroatoms. The summed E-state index contributed by atoms with van der Waals surface area (Å²) >= 11 is 0. The van der Waals surface area contributed by atoms with E-state index in [4.69, 9.17) is 9.47 Å². The van der Waals surface area contributed by atoms with Gasteiger partial charge in [-0.1, -0.05) is 24.3 Å². The lowest BCUT2D eigenvalue weighted by Gasteiger charge is -2.14. The van der Waals surface area contributed by atoms with E-state index < -0.39 is 10.9 Å². The zero-order valence-electron chi connectivity index (χ0n) is 15.7. The molecule has 0 saturated heterocycles. The zero-order chi connectivity index (χ0) is 19.7. The Kier molecular flexibility index (Phi) is 5.15. The van der Waals surface area contributed by atoms with Crippen LogP contribution in [0.5, 0.6) is 11.5 Å². The van der Waals surface area contributed by atoms with Gasteiger partial charge in [-0.2, -0.15) is 4.31 Å². The molecular formula is C20H21N3O4S. The molecule has 0 unspecified atom stereocenters. The maximum absolute atomic E-state index is 11.5. The fraction of sp³-hybridized carbons (Fsp3) is 0.300. The first-order valence-electron chi connectivity index (χ1n) is 8.97. The largest absolute Gasteiger partial charge is 0.493 e. The van der Waals surface area contributed by atoms with Gasteiger partial charge in [0.15, 0.2) is 11.5 Å². The molecule has 1 aliphatic rings. The van der Waals surface area contributed by atoms with Crippen LogP contribution in [0.15, 0.2) is 42.7 Å². The molecule has 146 valence electrons. The van der Waals surface area contributed by atoms with Gasteiger partial charge >= 0.3 is 0 Å². The Bertz CT molecular complexity index is 1070. The van der Waals surface area contributed by atoms with E-state index >= 15 is 0 Å². The highest BCUT2D eigenvalue weighted by Gasteiger charge is 2.30. The SMILES string of the molecule is COc1cc2ncnc(-c3ccc(CN(C4CC4)[SH](=O)=O)cc3)c2cc1OC. The molecular weight excluding hydrogens is 378 g/mol. The van der Waals surface area contributed by atoms with E-state index in [0.717, 1.165) is 40.6 Å². The first kappa shape index (κ1) is 18.6. The highest BCUT2D eigenvalue weighted by Crippen LogP contribution is 2.35. The van der Waals surface area contributed by atoms with E-state index in [2.05, 4.69) is 9.97 Å². The summed E-state index contributed by atoms with van der Waals surface area (Å²) in [5.74, 6) is 1.23. The molecule has 0 N–H and O–H groups in total. The molecule has 4 rings (SSSR count). The van der Waals surface area contributed by atoms with Crippen LogP contribution < -0.4 is 9.47 Å². The predicted octanol–water partition coefficient (Wildman–Crippen LogP) is 2.80. The minimum atomic E-state index is -2.56. The molecule has 3 aromatic rings. The molecule has 0 amide bonds. The van der Waals surface area contributed by atoms with Gasteiger partial charge in [-0.15, -0.1) is 0 Å². The number of fused-ring (bicyclic) bond motifs is 1. The number of ether oxygens (including phenoxy) is 2. The van der Waals surface area contributed by atoms with Crippen LogP contribution >= 0.6 is 0 Å². The van der Waals surface area contributed by atoms with Gasteiger partial charge in [0.25, 0.3) is 0 Å². The molecule has 0 bridgehead atoms. The Hall–Kier alpha value is -2.71. The van der Waals surface area contributed by atoms with Crippen molar-refractivity contribution in [3.05, 3.63) is 48.3 Å².